The van der Waals surface area contributed by atoms with Gasteiger partial charge in [-0.15, -0.1) is 0 Å². The quantitative estimate of drug-likeness (QED) is 0.671. The van der Waals surface area contributed by atoms with Gasteiger partial charge in [0.05, 0.1) is 12.3 Å². The fraction of sp³-hybridized carbons (Fsp3) is 0.500. The standard InChI is InChI=1S/C20H24F3N3O2/c1-15-4-2-11-25(15)12-3-13-28-17-7-5-16(6-8-17)18-9-10-19(27)26(24-18)14-20(21,22)23/h5-10,15H,2-4,11-14H2,1H3/t15-/m1/s1. The molecule has 3 rings (SSSR count). The number of nitrogens with zero attached hydrogens (tertiary/aromatic N) is 3. The summed E-state index contributed by atoms with van der Waals surface area (Å²) in [7, 11) is 0. The first-order chi connectivity index (χ1) is 13.3. The van der Waals surface area contributed by atoms with Gasteiger partial charge in [-0.25, -0.2) is 4.68 Å². The Labute approximate surface area is 161 Å². The van der Waals surface area contributed by atoms with Crippen molar-refractivity contribution in [3.63, 3.8) is 0 Å². The summed E-state index contributed by atoms with van der Waals surface area (Å²) in [5, 5.41) is 3.82. The molecule has 2 aromatic rings. The topological polar surface area (TPSA) is 47.4 Å². The van der Waals surface area contributed by atoms with Crippen molar-refractivity contribution >= 4 is 0 Å². The van der Waals surface area contributed by atoms with Crippen molar-refractivity contribution in [3.05, 3.63) is 46.8 Å². The fourth-order valence-corrected chi connectivity index (χ4v) is 3.39. The molecule has 0 spiro atoms. The number of likely N-dealkylation sites (tertiary alicyclic amines) is 1. The maximum Gasteiger partial charge on any atom is 0.408 e. The highest BCUT2D eigenvalue weighted by Gasteiger charge is 2.29. The number of ether oxygens (including phenoxy) is 1. The van der Waals surface area contributed by atoms with Crippen molar-refractivity contribution in [1.29, 1.82) is 0 Å². The van der Waals surface area contributed by atoms with Crippen molar-refractivity contribution in [2.75, 3.05) is 19.7 Å². The molecule has 0 radical (unpaired) electrons. The van der Waals surface area contributed by atoms with Crippen molar-refractivity contribution in [1.82, 2.24) is 14.7 Å². The van der Waals surface area contributed by atoms with E-state index in [4.69, 9.17) is 4.74 Å². The normalized spacial score (nSPS) is 17.8. The third-order valence-electron chi connectivity index (χ3n) is 4.89. The zero-order valence-electron chi connectivity index (χ0n) is 15.8. The van der Waals surface area contributed by atoms with Gasteiger partial charge in [0.25, 0.3) is 5.56 Å². The summed E-state index contributed by atoms with van der Waals surface area (Å²) in [6, 6.07) is 10.1. The molecular formula is C20H24F3N3O2. The van der Waals surface area contributed by atoms with E-state index in [0.29, 0.717) is 34.3 Å². The van der Waals surface area contributed by atoms with Crippen molar-refractivity contribution in [2.24, 2.45) is 0 Å². The van der Waals surface area contributed by atoms with Gasteiger partial charge in [0, 0.05) is 24.2 Å². The zero-order chi connectivity index (χ0) is 20.1. The average Bonchev–Trinajstić information content (AvgIpc) is 3.05. The largest absolute Gasteiger partial charge is 0.494 e. The van der Waals surface area contributed by atoms with Gasteiger partial charge in [0.1, 0.15) is 12.3 Å². The van der Waals surface area contributed by atoms with Crippen LogP contribution in [0.3, 0.4) is 0 Å². The minimum Gasteiger partial charge on any atom is -0.494 e. The summed E-state index contributed by atoms with van der Waals surface area (Å²) < 4.78 is 43.8. The summed E-state index contributed by atoms with van der Waals surface area (Å²) in [4.78, 5) is 14.0. The van der Waals surface area contributed by atoms with E-state index in [0.717, 1.165) is 25.6 Å². The fourth-order valence-electron chi connectivity index (χ4n) is 3.39. The Kier molecular flexibility index (Phi) is 6.39. The Bertz CT molecular complexity index is 834. The lowest BCUT2D eigenvalue weighted by atomic mass is 10.1. The summed E-state index contributed by atoms with van der Waals surface area (Å²) in [5.41, 5.74) is 0.140. The average molecular weight is 395 g/mol. The molecule has 8 heteroatoms. The lowest BCUT2D eigenvalue weighted by Crippen LogP contribution is -2.29. The van der Waals surface area contributed by atoms with Crippen LogP contribution in [0.2, 0.25) is 0 Å². The number of hydrogen-bond donors (Lipinski definition) is 0. The van der Waals surface area contributed by atoms with E-state index in [-0.39, 0.29) is 0 Å². The number of halogens is 3. The maximum absolute atomic E-state index is 12.6. The number of aromatic nitrogens is 2. The summed E-state index contributed by atoms with van der Waals surface area (Å²) >= 11 is 0. The van der Waals surface area contributed by atoms with E-state index in [1.54, 1.807) is 24.3 Å². The summed E-state index contributed by atoms with van der Waals surface area (Å²) in [6.45, 7) is 3.62. The molecule has 0 bridgehead atoms. The second-order valence-electron chi connectivity index (χ2n) is 7.08. The van der Waals surface area contributed by atoms with E-state index in [1.807, 2.05) is 0 Å². The van der Waals surface area contributed by atoms with Gasteiger partial charge in [0.15, 0.2) is 0 Å². The van der Waals surface area contributed by atoms with Crippen LogP contribution < -0.4 is 10.3 Å². The first kappa shape index (κ1) is 20.4. The van der Waals surface area contributed by atoms with Crippen LogP contribution in [0.4, 0.5) is 13.2 Å². The van der Waals surface area contributed by atoms with Gasteiger partial charge < -0.3 is 9.64 Å². The third-order valence-corrected chi connectivity index (χ3v) is 4.89. The van der Waals surface area contributed by atoms with Crippen molar-refractivity contribution < 1.29 is 17.9 Å². The van der Waals surface area contributed by atoms with E-state index in [9.17, 15) is 18.0 Å². The second kappa shape index (κ2) is 8.77. The highest BCUT2D eigenvalue weighted by Crippen LogP contribution is 2.22. The zero-order valence-corrected chi connectivity index (χ0v) is 15.8. The van der Waals surface area contributed by atoms with Crippen LogP contribution in [-0.2, 0) is 6.54 Å². The molecular weight excluding hydrogens is 371 g/mol. The molecule has 0 N–H and O–H groups in total. The number of rotatable bonds is 7. The Morgan fingerprint density at radius 2 is 1.93 bits per heavy atom. The van der Waals surface area contributed by atoms with E-state index in [1.165, 1.54) is 18.9 Å². The molecule has 1 saturated heterocycles. The second-order valence-corrected chi connectivity index (χ2v) is 7.08. The van der Waals surface area contributed by atoms with Crippen LogP contribution in [0.1, 0.15) is 26.2 Å². The molecule has 1 aliphatic heterocycles. The molecule has 0 unspecified atom stereocenters. The summed E-state index contributed by atoms with van der Waals surface area (Å²) in [6.07, 6.45) is -1.05. The molecule has 28 heavy (non-hydrogen) atoms. The van der Waals surface area contributed by atoms with Crippen LogP contribution in [0.15, 0.2) is 41.2 Å². The Balaban J connectivity index is 1.56. The Morgan fingerprint density at radius 1 is 1.18 bits per heavy atom. The first-order valence-corrected chi connectivity index (χ1v) is 9.44. The molecule has 0 amide bonds. The Hall–Kier alpha value is -2.35. The molecule has 1 aromatic heterocycles. The molecule has 1 atom stereocenters. The van der Waals surface area contributed by atoms with Gasteiger partial charge in [-0.2, -0.15) is 18.3 Å². The molecule has 0 saturated carbocycles. The monoisotopic (exact) mass is 395 g/mol. The van der Waals surface area contributed by atoms with E-state index >= 15 is 0 Å². The molecule has 152 valence electrons. The highest BCUT2D eigenvalue weighted by molar-refractivity contribution is 5.59. The Morgan fingerprint density at radius 3 is 2.57 bits per heavy atom. The number of hydrogen-bond acceptors (Lipinski definition) is 4. The van der Waals surface area contributed by atoms with Crippen LogP contribution in [0.25, 0.3) is 11.3 Å². The lowest BCUT2D eigenvalue weighted by molar-refractivity contribution is -0.143. The molecule has 1 aromatic carbocycles. The predicted octanol–water partition coefficient (Wildman–Crippen LogP) is 3.73. The third kappa shape index (κ3) is 5.58. The van der Waals surface area contributed by atoms with Crippen LogP contribution >= 0.6 is 0 Å². The summed E-state index contributed by atoms with van der Waals surface area (Å²) in [5.74, 6) is 0.696. The first-order valence-electron chi connectivity index (χ1n) is 9.44. The molecule has 1 fully saturated rings. The maximum atomic E-state index is 12.6. The number of benzene rings is 1. The lowest BCUT2D eigenvalue weighted by Gasteiger charge is -2.20. The van der Waals surface area contributed by atoms with Gasteiger partial charge in [-0.05, 0) is 63.1 Å². The SMILES string of the molecule is C[C@@H]1CCCN1CCCOc1ccc(-c2ccc(=O)n(CC(F)(F)F)n2)cc1. The van der Waals surface area contributed by atoms with Gasteiger partial charge in [0.2, 0.25) is 0 Å². The van der Waals surface area contributed by atoms with Crippen LogP contribution in [0.5, 0.6) is 5.75 Å². The molecule has 2 heterocycles. The van der Waals surface area contributed by atoms with Gasteiger partial charge >= 0.3 is 6.18 Å². The minimum absolute atomic E-state index is 0.304. The molecule has 1 aliphatic rings. The van der Waals surface area contributed by atoms with Gasteiger partial charge in [-0.3, -0.25) is 4.79 Å². The molecule has 0 aliphatic carbocycles. The van der Waals surface area contributed by atoms with Crippen molar-refractivity contribution in [2.45, 2.75) is 44.9 Å². The van der Waals surface area contributed by atoms with E-state index in [2.05, 4.69) is 16.9 Å². The van der Waals surface area contributed by atoms with Crippen LogP contribution in [-0.4, -0.2) is 46.6 Å². The van der Waals surface area contributed by atoms with Crippen LogP contribution in [0, 0.1) is 0 Å². The van der Waals surface area contributed by atoms with E-state index < -0.39 is 18.3 Å². The highest BCUT2D eigenvalue weighted by atomic mass is 19.4. The molecule has 5 nitrogen and oxygen atoms in total. The predicted molar refractivity (Wildman–Crippen MR) is 100 cm³/mol. The minimum atomic E-state index is -4.50. The van der Waals surface area contributed by atoms with Crippen molar-refractivity contribution in [3.8, 4) is 17.0 Å². The number of alkyl halides is 3. The smallest absolute Gasteiger partial charge is 0.408 e. The van der Waals surface area contributed by atoms with Gasteiger partial charge in [-0.1, -0.05) is 0 Å².